The molecule has 1 aliphatic rings. The van der Waals surface area contributed by atoms with E-state index in [-0.39, 0.29) is 11.9 Å². The Morgan fingerprint density at radius 3 is 2.78 bits per heavy atom. The third-order valence-electron chi connectivity index (χ3n) is 4.45. The first-order valence-corrected chi connectivity index (χ1v) is 7.87. The van der Waals surface area contributed by atoms with Crippen molar-refractivity contribution < 1.29 is 9.90 Å². The molecule has 6 heteroatoms. The van der Waals surface area contributed by atoms with Crippen molar-refractivity contribution >= 4 is 5.91 Å². The molecule has 1 atom stereocenters. The zero-order valence-electron chi connectivity index (χ0n) is 13.7. The molecular formula is C17H22N4O2. The average Bonchev–Trinajstić information content (AvgIpc) is 3.17. The molecular weight excluding hydrogens is 292 g/mol. The number of nitrogens with zero attached hydrogens (tertiary/aromatic N) is 4. The summed E-state index contributed by atoms with van der Waals surface area (Å²) in [6.07, 6.45) is 4.87. The van der Waals surface area contributed by atoms with E-state index >= 15 is 0 Å². The Labute approximate surface area is 135 Å². The topological polar surface area (TPSA) is 71.2 Å². The van der Waals surface area contributed by atoms with E-state index in [1.165, 1.54) is 6.33 Å². The van der Waals surface area contributed by atoms with E-state index in [0.717, 1.165) is 24.1 Å². The van der Waals surface area contributed by atoms with E-state index < -0.39 is 5.60 Å². The first-order valence-electron chi connectivity index (χ1n) is 7.87. The van der Waals surface area contributed by atoms with E-state index in [4.69, 9.17) is 0 Å². The quantitative estimate of drug-likeness (QED) is 0.940. The Morgan fingerprint density at radius 2 is 2.17 bits per heavy atom. The normalized spacial score (nSPS) is 18.4. The molecule has 1 fully saturated rings. The molecule has 2 aromatic rings. The van der Waals surface area contributed by atoms with Gasteiger partial charge in [-0.2, -0.15) is 5.10 Å². The van der Waals surface area contributed by atoms with Crippen LogP contribution in [-0.2, 0) is 0 Å². The summed E-state index contributed by atoms with van der Waals surface area (Å²) in [5, 5.41) is 14.4. The number of benzene rings is 1. The molecule has 1 amide bonds. The van der Waals surface area contributed by atoms with Crippen LogP contribution in [0.3, 0.4) is 0 Å². The van der Waals surface area contributed by atoms with Gasteiger partial charge in [-0.15, -0.1) is 0 Å². The fourth-order valence-electron chi connectivity index (χ4n) is 3.27. The van der Waals surface area contributed by atoms with Crippen molar-refractivity contribution in [1.82, 2.24) is 19.7 Å². The first kappa shape index (κ1) is 15.7. The fraction of sp³-hybridized carbons (Fsp3) is 0.471. The predicted molar refractivity (Wildman–Crippen MR) is 86.5 cm³/mol. The SMILES string of the molecule is Cc1cc(-n2cncn2)ccc1C(=O)N1CCCC1C(C)(C)O. The number of aryl methyl sites for hydroxylation is 1. The third-order valence-corrected chi connectivity index (χ3v) is 4.45. The lowest BCUT2D eigenvalue weighted by Gasteiger charge is -2.34. The van der Waals surface area contributed by atoms with E-state index in [1.807, 2.05) is 25.1 Å². The van der Waals surface area contributed by atoms with Crippen molar-refractivity contribution in [2.24, 2.45) is 0 Å². The highest BCUT2D eigenvalue weighted by Gasteiger charge is 2.38. The van der Waals surface area contributed by atoms with Gasteiger partial charge in [0.05, 0.1) is 17.3 Å². The second kappa shape index (κ2) is 5.77. The standard InChI is InChI=1S/C17H22N4O2/c1-12-9-13(21-11-18-10-19-21)6-7-14(12)16(22)20-8-4-5-15(20)17(2,3)23/h6-7,9-11,15,23H,4-5,8H2,1-3H3. The molecule has 0 radical (unpaired) electrons. The molecule has 23 heavy (non-hydrogen) atoms. The van der Waals surface area contributed by atoms with Crippen molar-refractivity contribution in [3.63, 3.8) is 0 Å². The van der Waals surface area contributed by atoms with Crippen LogP contribution in [0.15, 0.2) is 30.9 Å². The number of carbonyl (C=O) groups is 1. The second-order valence-corrected chi connectivity index (χ2v) is 6.65. The number of likely N-dealkylation sites (tertiary alicyclic amines) is 1. The molecule has 0 saturated carbocycles. The Balaban J connectivity index is 1.88. The van der Waals surface area contributed by atoms with E-state index in [9.17, 15) is 9.90 Å². The molecule has 0 spiro atoms. The Kier molecular flexibility index (Phi) is 3.93. The van der Waals surface area contributed by atoms with Gasteiger partial charge in [-0.05, 0) is 57.4 Å². The van der Waals surface area contributed by atoms with Crippen LogP contribution in [-0.4, -0.2) is 48.9 Å². The highest BCUT2D eigenvalue weighted by atomic mass is 16.3. The van der Waals surface area contributed by atoms with Crippen LogP contribution in [0.2, 0.25) is 0 Å². The summed E-state index contributed by atoms with van der Waals surface area (Å²) in [5.74, 6) is -0.0164. The first-order chi connectivity index (χ1) is 10.9. The minimum absolute atomic E-state index is 0.0164. The molecule has 0 aliphatic carbocycles. The Morgan fingerprint density at radius 1 is 1.39 bits per heavy atom. The van der Waals surface area contributed by atoms with Gasteiger partial charge in [-0.3, -0.25) is 4.79 Å². The maximum Gasteiger partial charge on any atom is 0.254 e. The number of amides is 1. The molecule has 1 aromatic heterocycles. The van der Waals surface area contributed by atoms with Crippen molar-refractivity contribution in [2.45, 2.75) is 45.3 Å². The number of carbonyl (C=O) groups excluding carboxylic acids is 1. The zero-order valence-corrected chi connectivity index (χ0v) is 13.7. The minimum Gasteiger partial charge on any atom is -0.388 e. The smallest absolute Gasteiger partial charge is 0.254 e. The number of hydrogen-bond donors (Lipinski definition) is 1. The van der Waals surface area contributed by atoms with E-state index in [2.05, 4.69) is 10.1 Å². The number of rotatable bonds is 3. The molecule has 1 aliphatic heterocycles. The molecule has 1 unspecified atom stereocenters. The van der Waals surface area contributed by atoms with Gasteiger partial charge in [0.15, 0.2) is 0 Å². The summed E-state index contributed by atoms with van der Waals surface area (Å²) in [5.41, 5.74) is 1.55. The molecule has 1 saturated heterocycles. The van der Waals surface area contributed by atoms with Gasteiger partial charge in [0.1, 0.15) is 12.7 Å². The van der Waals surface area contributed by atoms with Crippen molar-refractivity contribution in [3.8, 4) is 5.69 Å². The van der Waals surface area contributed by atoms with Gasteiger partial charge >= 0.3 is 0 Å². The van der Waals surface area contributed by atoms with Crippen LogP contribution < -0.4 is 0 Å². The number of aliphatic hydroxyl groups is 1. The highest BCUT2D eigenvalue weighted by Crippen LogP contribution is 2.29. The van der Waals surface area contributed by atoms with Crippen LogP contribution in [0.25, 0.3) is 5.69 Å². The van der Waals surface area contributed by atoms with Gasteiger partial charge in [-0.1, -0.05) is 0 Å². The van der Waals surface area contributed by atoms with Crippen LogP contribution >= 0.6 is 0 Å². The van der Waals surface area contributed by atoms with Crippen LogP contribution in [0.5, 0.6) is 0 Å². The predicted octanol–water partition coefficient (Wildman–Crippen LogP) is 1.95. The summed E-state index contributed by atoms with van der Waals surface area (Å²) in [4.78, 5) is 18.6. The summed E-state index contributed by atoms with van der Waals surface area (Å²) in [7, 11) is 0. The lowest BCUT2D eigenvalue weighted by atomic mass is 9.96. The fourth-order valence-corrected chi connectivity index (χ4v) is 3.27. The lowest BCUT2D eigenvalue weighted by molar-refractivity contribution is 0.000304. The van der Waals surface area contributed by atoms with Crippen molar-refractivity contribution in [2.75, 3.05) is 6.54 Å². The van der Waals surface area contributed by atoms with E-state index in [1.54, 1.807) is 29.8 Å². The lowest BCUT2D eigenvalue weighted by Crippen LogP contribution is -2.48. The summed E-state index contributed by atoms with van der Waals surface area (Å²) in [6, 6.07) is 5.49. The average molecular weight is 314 g/mol. The summed E-state index contributed by atoms with van der Waals surface area (Å²) in [6.45, 7) is 6.15. The van der Waals surface area contributed by atoms with Gasteiger partial charge < -0.3 is 10.0 Å². The van der Waals surface area contributed by atoms with Crippen LogP contribution in [0, 0.1) is 6.92 Å². The monoisotopic (exact) mass is 314 g/mol. The maximum absolute atomic E-state index is 12.9. The molecule has 2 heterocycles. The third kappa shape index (κ3) is 2.99. The van der Waals surface area contributed by atoms with Crippen LogP contribution in [0.1, 0.15) is 42.6 Å². The summed E-state index contributed by atoms with van der Waals surface area (Å²) < 4.78 is 1.66. The summed E-state index contributed by atoms with van der Waals surface area (Å²) >= 11 is 0. The van der Waals surface area contributed by atoms with Gasteiger partial charge in [0.25, 0.3) is 5.91 Å². The number of hydrogen-bond acceptors (Lipinski definition) is 4. The molecule has 1 N–H and O–H groups in total. The molecule has 0 bridgehead atoms. The van der Waals surface area contributed by atoms with Crippen molar-refractivity contribution in [1.29, 1.82) is 0 Å². The molecule has 122 valence electrons. The molecule has 3 rings (SSSR count). The highest BCUT2D eigenvalue weighted by molar-refractivity contribution is 5.96. The maximum atomic E-state index is 12.9. The minimum atomic E-state index is -0.888. The zero-order chi connectivity index (χ0) is 16.6. The molecule has 6 nitrogen and oxygen atoms in total. The van der Waals surface area contributed by atoms with Crippen LogP contribution in [0.4, 0.5) is 0 Å². The largest absolute Gasteiger partial charge is 0.388 e. The van der Waals surface area contributed by atoms with Crippen molar-refractivity contribution in [3.05, 3.63) is 42.0 Å². The molecule has 1 aromatic carbocycles. The van der Waals surface area contributed by atoms with Gasteiger partial charge in [0, 0.05) is 12.1 Å². The Bertz CT molecular complexity index is 704. The second-order valence-electron chi connectivity index (χ2n) is 6.65. The van der Waals surface area contributed by atoms with Gasteiger partial charge in [-0.25, -0.2) is 9.67 Å². The number of aromatic nitrogens is 3. The van der Waals surface area contributed by atoms with Gasteiger partial charge in [0.2, 0.25) is 0 Å². The Hall–Kier alpha value is -2.21. The van der Waals surface area contributed by atoms with E-state index in [0.29, 0.717) is 12.1 Å².